The lowest BCUT2D eigenvalue weighted by Crippen LogP contribution is -2.46. The molecule has 0 spiro atoms. The monoisotopic (exact) mass is 264 g/mol. The minimum atomic E-state index is 0.231. The maximum Gasteiger partial charge on any atom is 0.225 e. The summed E-state index contributed by atoms with van der Waals surface area (Å²) in [4.78, 5) is 11.4. The van der Waals surface area contributed by atoms with E-state index in [0.717, 1.165) is 37.8 Å². The molecule has 1 aromatic rings. The maximum atomic E-state index is 5.74. The van der Waals surface area contributed by atoms with Crippen LogP contribution in [-0.4, -0.2) is 41.8 Å². The highest BCUT2D eigenvalue weighted by molar-refractivity contribution is 5.34. The molecule has 5 nitrogen and oxygen atoms in total. The van der Waals surface area contributed by atoms with E-state index in [4.69, 9.17) is 4.74 Å². The smallest absolute Gasteiger partial charge is 0.225 e. The van der Waals surface area contributed by atoms with Gasteiger partial charge < -0.3 is 15.0 Å². The first-order valence-corrected chi connectivity index (χ1v) is 7.03. The van der Waals surface area contributed by atoms with Gasteiger partial charge in [-0.15, -0.1) is 0 Å². The number of nitrogens with one attached hydrogen (secondary N) is 1. The Bertz CT molecular complexity index is 414. The molecule has 1 aromatic heterocycles. The first-order chi connectivity index (χ1) is 9.10. The van der Waals surface area contributed by atoms with Crippen LogP contribution < -0.4 is 10.2 Å². The fourth-order valence-electron chi connectivity index (χ4n) is 2.41. The summed E-state index contributed by atoms with van der Waals surface area (Å²) in [7, 11) is 0. The Hall–Kier alpha value is -1.20. The van der Waals surface area contributed by atoms with Crippen molar-refractivity contribution in [2.24, 2.45) is 0 Å². The van der Waals surface area contributed by atoms with Crippen LogP contribution in [0.3, 0.4) is 0 Å². The van der Waals surface area contributed by atoms with E-state index in [0.29, 0.717) is 0 Å². The maximum absolute atomic E-state index is 5.74. The number of rotatable bonds is 4. The lowest BCUT2D eigenvalue weighted by Gasteiger charge is -2.35. The van der Waals surface area contributed by atoms with E-state index < -0.39 is 0 Å². The van der Waals surface area contributed by atoms with Gasteiger partial charge in [-0.1, -0.05) is 6.92 Å². The molecule has 2 heterocycles. The Balaban J connectivity index is 2.10. The van der Waals surface area contributed by atoms with Gasteiger partial charge in [0.2, 0.25) is 5.95 Å². The highest BCUT2D eigenvalue weighted by Gasteiger charge is 2.24. The summed E-state index contributed by atoms with van der Waals surface area (Å²) < 4.78 is 5.74. The van der Waals surface area contributed by atoms with Crippen LogP contribution >= 0.6 is 0 Å². The lowest BCUT2D eigenvalue weighted by atomic mass is 10.2. The van der Waals surface area contributed by atoms with E-state index in [-0.39, 0.29) is 12.2 Å². The summed E-state index contributed by atoms with van der Waals surface area (Å²) >= 11 is 0. The van der Waals surface area contributed by atoms with Gasteiger partial charge in [-0.2, -0.15) is 0 Å². The summed E-state index contributed by atoms with van der Waals surface area (Å²) in [6, 6.07) is 0. The molecule has 2 rings (SSSR count). The number of morpholine rings is 1. The molecule has 0 aliphatic carbocycles. The van der Waals surface area contributed by atoms with Crippen molar-refractivity contribution in [1.82, 2.24) is 15.3 Å². The first kappa shape index (κ1) is 14.2. The highest BCUT2D eigenvalue weighted by atomic mass is 16.5. The second kappa shape index (κ2) is 6.30. The van der Waals surface area contributed by atoms with Crippen molar-refractivity contribution in [3.05, 3.63) is 17.5 Å². The number of nitrogens with zero attached hydrogens (tertiary/aromatic N) is 3. The van der Waals surface area contributed by atoms with Crippen LogP contribution in [-0.2, 0) is 11.3 Å². The molecular weight excluding hydrogens is 240 g/mol. The van der Waals surface area contributed by atoms with Gasteiger partial charge in [0.25, 0.3) is 0 Å². The Morgan fingerprint density at radius 3 is 2.63 bits per heavy atom. The topological polar surface area (TPSA) is 50.3 Å². The number of hydrogen-bond donors (Lipinski definition) is 1. The van der Waals surface area contributed by atoms with Crippen molar-refractivity contribution >= 4 is 5.95 Å². The van der Waals surface area contributed by atoms with Crippen molar-refractivity contribution < 1.29 is 4.74 Å². The molecule has 1 fully saturated rings. The summed E-state index contributed by atoms with van der Waals surface area (Å²) in [5.74, 6) is 0.819. The third-order valence-corrected chi connectivity index (χ3v) is 3.34. The van der Waals surface area contributed by atoms with E-state index >= 15 is 0 Å². The molecular formula is C14H24N4O. The number of anilines is 1. The molecule has 0 amide bonds. The van der Waals surface area contributed by atoms with Crippen molar-refractivity contribution in [3.63, 3.8) is 0 Å². The molecule has 2 atom stereocenters. The van der Waals surface area contributed by atoms with Crippen LogP contribution in [0.4, 0.5) is 5.95 Å². The molecule has 0 saturated carbocycles. The summed E-state index contributed by atoms with van der Waals surface area (Å²) in [6.07, 6.45) is 2.40. The van der Waals surface area contributed by atoms with Gasteiger partial charge in [0.05, 0.1) is 12.2 Å². The van der Waals surface area contributed by atoms with E-state index in [9.17, 15) is 0 Å². The van der Waals surface area contributed by atoms with E-state index in [1.807, 2.05) is 13.1 Å². The number of aromatic nitrogens is 2. The molecule has 106 valence electrons. The third-order valence-electron chi connectivity index (χ3n) is 3.34. The molecule has 0 aromatic carbocycles. The predicted octanol–water partition coefficient (Wildman–Crippen LogP) is 1.51. The van der Waals surface area contributed by atoms with Gasteiger partial charge in [0, 0.05) is 37.1 Å². The molecule has 1 aliphatic heterocycles. The normalized spacial score (nSPS) is 23.7. The number of aryl methyl sites for hydroxylation is 1. The zero-order valence-electron chi connectivity index (χ0n) is 12.3. The predicted molar refractivity (Wildman–Crippen MR) is 76.4 cm³/mol. The molecule has 1 aliphatic rings. The summed E-state index contributed by atoms with van der Waals surface area (Å²) in [5, 5.41) is 3.30. The Morgan fingerprint density at radius 1 is 1.37 bits per heavy atom. The average molecular weight is 264 g/mol. The molecule has 0 bridgehead atoms. The third kappa shape index (κ3) is 3.64. The van der Waals surface area contributed by atoms with Gasteiger partial charge in [-0.05, 0) is 27.3 Å². The summed E-state index contributed by atoms with van der Waals surface area (Å²) in [5.41, 5.74) is 2.22. The quantitative estimate of drug-likeness (QED) is 0.893. The zero-order chi connectivity index (χ0) is 13.8. The molecule has 1 saturated heterocycles. The van der Waals surface area contributed by atoms with Crippen LogP contribution in [0.25, 0.3) is 0 Å². The summed E-state index contributed by atoms with van der Waals surface area (Å²) in [6.45, 7) is 11.8. The van der Waals surface area contributed by atoms with Crippen LogP contribution in [0.5, 0.6) is 0 Å². The first-order valence-electron chi connectivity index (χ1n) is 7.03. The van der Waals surface area contributed by atoms with Gasteiger partial charge >= 0.3 is 0 Å². The van der Waals surface area contributed by atoms with Crippen molar-refractivity contribution in [2.75, 3.05) is 24.5 Å². The fraction of sp³-hybridized carbons (Fsp3) is 0.714. The van der Waals surface area contributed by atoms with Gasteiger partial charge in [-0.3, -0.25) is 0 Å². The van der Waals surface area contributed by atoms with Crippen LogP contribution in [0.15, 0.2) is 6.20 Å². The van der Waals surface area contributed by atoms with Crippen LogP contribution in [0, 0.1) is 6.92 Å². The number of hydrogen-bond acceptors (Lipinski definition) is 5. The van der Waals surface area contributed by atoms with Gasteiger partial charge in [0.15, 0.2) is 0 Å². The van der Waals surface area contributed by atoms with Crippen molar-refractivity contribution in [2.45, 2.75) is 46.4 Å². The highest BCUT2D eigenvalue weighted by Crippen LogP contribution is 2.17. The second-order valence-corrected chi connectivity index (χ2v) is 5.22. The Kier molecular flexibility index (Phi) is 4.71. The molecule has 5 heteroatoms. The molecule has 19 heavy (non-hydrogen) atoms. The molecule has 1 N–H and O–H groups in total. The lowest BCUT2D eigenvalue weighted by molar-refractivity contribution is -0.00573. The van der Waals surface area contributed by atoms with E-state index in [2.05, 4.69) is 41.0 Å². The average Bonchev–Trinajstić information content (AvgIpc) is 2.36. The standard InChI is InChI=1S/C14H24N4O/c1-5-15-6-13-7-16-14(17-12(13)4)18-8-10(2)19-11(3)9-18/h7,10-11,15H,5-6,8-9H2,1-4H3. The fourth-order valence-corrected chi connectivity index (χ4v) is 2.41. The van der Waals surface area contributed by atoms with Gasteiger partial charge in [-0.25, -0.2) is 9.97 Å². The Morgan fingerprint density at radius 2 is 2.05 bits per heavy atom. The Labute approximate surface area is 115 Å². The molecule has 2 unspecified atom stereocenters. The number of ether oxygens (including phenoxy) is 1. The minimum Gasteiger partial charge on any atom is -0.372 e. The van der Waals surface area contributed by atoms with Crippen LogP contribution in [0.1, 0.15) is 32.0 Å². The molecule has 0 radical (unpaired) electrons. The second-order valence-electron chi connectivity index (χ2n) is 5.22. The van der Waals surface area contributed by atoms with Crippen molar-refractivity contribution in [1.29, 1.82) is 0 Å². The van der Waals surface area contributed by atoms with Gasteiger partial charge in [0.1, 0.15) is 0 Å². The van der Waals surface area contributed by atoms with E-state index in [1.54, 1.807) is 0 Å². The largest absolute Gasteiger partial charge is 0.372 e. The van der Waals surface area contributed by atoms with Crippen molar-refractivity contribution in [3.8, 4) is 0 Å². The van der Waals surface area contributed by atoms with E-state index in [1.165, 1.54) is 5.56 Å². The zero-order valence-corrected chi connectivity index (χ0v) is 12.3. The SMILES string of the molecule is CCNCc1cnc(N2CC(C)OC(C)C2)nc1C. The minimum absolute atomic E-state index is 0.231. The van der Waals surface area contributed by atoms with Crippen LogP contribution in [0.2, 0.25) is 0 Å².